The fraction of sp³-hybridized carbons (Fsp3) is 0.833. The molecule has 5 heteroatoms. The molecule has 1 fully saturated rings. The van der Waals surface area contributed by atoms with Crippen LogP contribution in [-0.2, 0) is 11.3 Å². The van der Waals surface area contributed by atoms with E-state index in [2.05, 4.69) is 17.1 Å². The van der Waals surface area contributed by atoms with E-state index < -0.39 is 0 Å². The Hall–Kier alpha value is -0.550. The molecule has 2 rings (SSSR count). The largest absolute Gasteiger partial charge is 0.337 e. The average Bonchev–Trinajstić information content (AvgIpc) is 2.80. The van der Waals surface area contributed by atoms with Crippen molar-refractivity contribution in [2.24, 2.45) is 11.7 Å². The highest BCUT2D eigenvalue weighted by Gasteiger charge is 2.37. The molecule has 1 aromatic rings. The van der Waals surface area contributed by atoms with Gasteiger partial charge in [-0.1, -0.05) is 18.5 Å². The van der Waals surface area contributed by atoms with Gasteiger partial charge in [-0.2, -0.15) is 16.7 Å². The number of rotatable bonds is 4. The van der Waals surface area contributed by atoms with Crippen molar-refractivity contribution >= 4 is 11.8 Å². The molecule has 0 radical (unpaired) electrons. The molecule has 0 aromatic carbocycles. The maximum atomic E-state index is 6.40. The Morgan fingerprint density at radius 2 is 2.18 bits per heavy atom. The predicted molar refractivity (Wildman–Crippen MR) is 69.6 cm³/mol. The zero-order chi connectivity index (χ0) is 12.3. The van der Waals surface area contributed by atoms with Crippen molar-refractivity contribution < 1.29 is 4.52 Å². The molecule has 0 atom stereocenters. The van der Waals surface area contributed by atoms with Crippen molar-refractivity contribution in [3.63, 3.8) is 0 Å². The van der Waals surface area contributed by atoms with Crippen molar-refractivity contribution in [2.45, 2.75) is 50.3 Å². The molecule has 0 saturated heterocycles. The van der Waals surface area contributed by atoms with E-state index in [0.717, 1.165) is 30.3 Å². The van der Waals surface area contributed by atoms with E-state index in [0.29, 0.717) is 5.89 Å². The minimum absolute atomic E-state index is 0.380. The Bertz CT molecular complexity index is 358. The Labute approximate surface area is 107 Å². The first-order valence-corrected chi connectivity index (χ1v) is 7.68. The highest BCUT2D eigenvalue weighted by molar-refractivity contribution is 7.97. The summed E-state index contributed by atoms with van der Waals surface area (Å²) in [6.07, 6.45) is 7.55. The molecule has 2 N–H and O–H groups in total. The monoisotopic (exact) mass is 255 g/mol. The van der Waals surface area contributed by atoms with E-state index in [1.807, 2.05) is 6.26 Å². The van der Waals surface area contributed by atoms with Crippen molar-refractivity contribution in [3.05, 3.63) is 11.7 Å². The first-order chi connectivity index (χ1) is 8.18. The average molecular weight is 255 g/mol. The molecule has 1 aromatic heterocycles. The van der Waals surface area contributed by atoms with Gasteiger partial charge in [-0.25, -0.2) is 0 Å². The second kappa shape index (κ2) is 5.40. The molecule has 1 heterocycles. The summed E-state index contributed by atoms with van der Waals surface area (Å²) in [6.45, 7) is 2.25. The van der Waals surface area contributed by atoms with Crippen LogP contribution in [0.2, 0.25) is 0 Å². The van der Waals surface area contributed by atoms with Crippen LogP contribution in [0.25, 0.3) is 0 Å². The number of hydrogen-bond acceptors (Lipinski definition) is 5. The van der Waals surface area contributed by atoms with Crippen LogP contribution in [0.4, 0.5) is 0 Å². The lowest BCUT2D eigenvalue weighted by Crippen LogP contribution is -2.40. The zero-order valence-corrected chi connectivity index (χ0v) is 11.4. The van der Waals surface area contributed by atoms with Crippen molar-refractivity contribution in [2.75, 3.05) is 6.26 Å². The number of nitrogens with two attached hydrogens (primary N) is 1. The molecule has 4 nitrogen and oxygen atoms in total. The molecule has 1 saturated carbocycles. The van der Waals surface area contributed by atoms with E-state index in [9.17, 15) is 0 Å². The van der Waals surface area contributed by atoms with Gasteiger partial charge in [0.05, 0.1) is 11.3 Å². The number of hydrogen-bond donors (Lipinski definition) is 1. The van der Waals surface area contributed by atoms with Crippen molar-refractivity contribution in [3.8, 4) is 0 Å². The van der Waals surface area contributed by atoms with Crippen LogP contribution < -0.4 is 5.73 Å². The number of thioether (sulfide) groups is 1. The molecular formula is C12H21N3OS. The van der Waals surface area contributed by atoms with Gasteiger partial charge in [0, 0.05) is 0 Å². The topological polar surface area (TPSA) is 64.9 Å². The van der Waals surface area contributed by atoms with E-state index in [1.54, 1.807) is 11.8 Å². The zero-order valence-electron chi connectivity index (χ0n) is 10.6. The smallest absolute Gasteiger partial charge is 0.246 e. The third kappa shape index (κ3) is 2.83. The summed E-state index contributed by atoms with van der Waals surface area (Å²) in [5.74, 6) is 3.00. The van der Waals surface area contributed by atoms with Gasteiger partial charge in [0.1, 0.15) is 0 Å². The van der Waals surface area contributed by atoms with Crippen LogP contribution in [-0.4, -0.2) is 16.4 Å². The lowest BCUT2D eigenvalue weighted by molar-refractivity contribution is 0.181. The minimum atomic E-state index is -0.380. The SMILES string of the molecule is CCC1CCC(N)(c2nc(CSC)no2)CC1. The molecule has 0 unspecified atom stereocenters. The van der Waals surface area contributed by atoms with Crippen LogP contribution in [0.15, 0.2) is 4.52 Å². The van der Waals surface area contributed by atoms with Crippen LogP contribution in [0, 0.1) is 5.92 Å². The molecule has 1 aliphatic rings. The summed E-state index contributed by atoms with van der Waals surface area (Å²) in [5.41, 5.74) is 6.02. The van der Waals surface area contributed by atoms with Crippen molar-refractivity contribution in [1.29, 1.82) is 0 Å². The quantitative estimate of drug-likeness (QED) is 0.896. The Morgan fingerprint density at radius 1 is 1.47 bits per heavy atom. The van der Waals surface area contributed by atoms with Crippen molar-refractivity contribution in [1.82, 2.24) is 10.1 Å². The van der Waals surface area contributed by atoms with Gasteiger partial charge < -0.3 is 10.3 Å². The van der Waals surface area contributed by atoms with Crippen LogP contribution in [0.5, 0.6) is 0 Å². The lowest BCUT2D eigenvalue weighted by atomic mass is 9.76. The second-order valence-electron chi connectivity index (χ2n) is 4.96. The van der Waals surface area contributed by atoms with Gasteiger partial charge in [-0.3, -0.25) is 0 Å². The lowest BCUT2D eigenvalue weighted by Gasteiger charge is -2.33. The summed E-state index contributed by atoms with van der Waals surface area (Å²) in [4.78, 5) is 4.42. The molecule has 0 aliphatic heterocycles. The van der Waals surface area contributed by atoms with E-state index in [-0.39, 0.29) is 5.54 Å². The van der Waals surface area contributed by atoms with Gasteiger partial charge in [0.25, 0.3) is 0 Å². The highest BCUT2D eigenvalue weighted by atomic mass is 32.2. The van der Waals surface area contributed by atoms with Gasteiger partial charge in [-0.05, 0) is 37.9 Å². The Morgan fingerprint density at radius 3 is 2.76 bits per heavy atom. The standard InChI is InChI=1S/C12H21N3OS/c1-3-9-4-6-12(13,7-5-9)11-14-10(8-17-2)15-16-11/h9H,3-8,13H2,1-2H3. The summed E-state index contributed by atoms with van der Waals surface area (Å²) in [6, 6.07) is 0. The predicted octanol–water partition coefficient (Wildman–Crippen LogP) is 2.69. The van der Waals surface area contributed by atoms with Gasteiger partial charge in [0.15, 0.2) is 5.82 Å². The molecule has 96 valence electrons. The van der Waals surface area contributed by atoms with Gasteiger partial charge >= 0.3 is 0 Å². The molecule has 1 aliphatic carbocycles. The third-order valence-corrected chi connectivity index (χ3v) is 4.29. The highest BCUT2D eigenvalue weighted by Crippen LogP contribution is 2.37. The van der Waals surface area contributed by atoms with Crippen LogP contribution >= 0.6 is 11.8 Å². The minimum Gasteiger partial charge on any atom is -0.337 e. The fourth-order valence-electron chi connectivity index (χ4n) is 2.46. The first kappa shape index (κ1) is 12.9. The van der Waals surface area contributed by atoms with Crippen LogP contribution in [0.3, 0.4) is 0 Å². The molecule has 0 spiro atoms. The maximum absolute atomic E-state index is 6.40. The first-order valence-electron chi connectivity index (χ1n) is 6.29. The summed E-state index contributed by atoms with van der Waals surface area (Å²) in [7, 11) is 0. The second-order valence-corrected chi connectivity index (χ2v) is 5.82. The Balaban J connectivity index is 2.05. The third-order valence-electron chi connectivity index (χ3n) is 3.74. The van der Waals surface area contributed by atoms with Crippen LogP contribution in [0.1, 0.15) is 50.7 Å². The maximum Gasteiger partial charge on any atom is 0.246 e. The molecular weight excluding hydrogens is 234 g/mol. The number of aromatic nitrogens is 2. The van der Waals surface area contributed by atoms with Gasteiger partial charge in [0.2, 0.25) is 5.89 Å². The normalized spacial score (nSPS) is 29.5. The summed E-state index contributed by atoms with van der Waals surface area (Å²) < 4.78 is 5.33. The van der Waals surface area contributed by atoms with E-state index in [4.69, 9.17) is 10.3 Å². The summed E-state index contributed by atoms with van der Waals surface area (Å²) in [5, 5.41) is 3.98. The molecule has 0 bridgehead atoms. The fourth-order valence-corrected chi connectivity index (χ4v) is 2.83. The summed E-state index contributed by atoms with van der Waals surface area (Å²) >= 11 is 1.69. The van der Waals surface area contributed by atoms with E-state index in [1.165, 1.54) is 19.3 Å². The molecule has 17 heavy (non-hydrogen) atoms. The van der Waals surface area contributed by atoms with Gasteiger partial charge in [-0.15, -0.1) is 0 Å². The molecule has 0 amide bonds. The van der Waals surface area contributed by atoms with E-state index >= 15 is 0 Å². The number of nitrogens with zero attached hydrogens (tertiary/aromatic N) is 2. The Kier molecular flexibility index (Phi) is 4.09.